The molecule has 1 saturated heterocycles. The summed E-state index contributed by atoms with van der Waals surface area (Å²) in [6.07, 6.45) is 5.46. The summed E-state index contributed by atoms with van der Waals surface area (Å²) in [5, 5.41) is 2.87. The lowest BCUT2D eigenvalue weighted by molar-refractivity contribution is -0.120. The van der Waals surface area contributed by atoms with Gasteiger partial charge in [-0.1, -0.05) is 30.3 Å². The Kier molecular flexibility index (Phi) is 4.32. The molecule has 2 aromatic rings. The molecule has 114 valence electrons. The Morgan fingerprint density at radius 1 is 1.18 bits per heavy atom. The highest BCUT2D eigenvalue weighted by molar-refractivity contribution is 5.76. The summed E-state index contributed by atoms with van der Waals surface area (Å²) in [5.41, 5.74) is 1.69. The molecule has 0 aliphatic carbocycles. The molecule has 1 aromatic carbocycles. The summed E-state index contributed by atoms with van der Waals surface area (Å²) >= 11 is 0. The van der Waals surface area contributed by atoms with Gasteiger partial charge in [-0.3, -0.25) is 9.59 Å². The molecule has 0 saturated carbocycles. The molecule has 1 fully saturated rings. The molecule has 2 heterocycles. The highest BCUT2D eigenvalue weighted by Crippen LogP contribution is 2.18. The van der Waals surface area contributed by atoms with E-state index in [0.29, 0.717) is 25.4 Å². The van der Waals surface area contributed by atoms with E-state index in [0.717, 1.165) is 24.1 Å². The Labute approximate surface area is 129 Å². The summed E-state index contributed by atoms with van der Waals surface area (Å²) in [6.45, 7) is 1.32. The average Bonchev–Trinajstić information content (AvgIpc) is 2.75. The van der Waals surface area contributed by atoms with Gasteiger partial charge in [0, 0.05) is 31.3 Å². The second-order valence-electron chi connectivity index (χ2n) is 5.67. The molecule has 1 atom stereocenters. The monoisotopic (exact) mass is 297 g/mol. The van der Waals surface area contributed by atoms with Gasteiger partial charge in [-0.05, 0) is 18.8 Å². The van der Waals surface area contributed by atoms with Crippen molar-refractivity contribution in [2.75, 3.05) is 6.54 Å². The lowest BCUT2D eigenvalue weighted by Crippen LogP contribution is -2.24. The molecule has 1 unspecified atom stereocenters. The first-order valence-electron chi connectivity index (χ1n) is 7.61. The zero-order chi connectivity index (χ0) is 15.4. The third kappa shape index (κ3) is 3.42. The maximum atomic E-state index is 12.0. The number of hydrogen-bond donors (Lipinski definition) is 1. The van der Waals surface area contributed by atoms with Gasteiger partial charge < -0.3 is 9.88 Å². The van der Waals surface area contributed by atoms with E-state index < -0.39 is 0 Å². The topological polar surface area (TPSA) is 64.0 Å². The van der Waals surface area contributed by atoms with Crippen molar-refractivity contribution in [2.24, 2.45) is 5.92 Å². The second-order valence-corrected chi connectivity index (χ2v) is 5.67. The van der Waals surface area contributed by atoms with Crippen LogP contribution in [-0.4, -0.2) is 22.0 Å². The van der Waals surface area contributed by atoms with E-state index in [1.807, 2.05) is 36.5 Å². The fourth-order valence-corrected chi connectivity index (χ4v) is 2.79. The van der Waals surface area contributed by atoms with Gasteiger partial charge in [-0.2, -0.15) is 0 Å². The number of carbonyl (C=O) groups is 1. The molecule has 3 rings (SSSR count). The molecule has 22 heavy (non-hydrogen) atoms. The van der Waals surface area contributed by atoms with E-state index in [-0.39, 0.29) is 11.5 Å². The van der Waals surface area contributed by atoms with Crippen molar-refractivity contribution >= 4 is 5.91 Å². The molecule has 5 heteroatoms. The minimum atomic E-state index is -0.0942. The molecular weight excluding hydrogens is 278 g/mol. The van der Waals surface area contributed by atoms with Crippen LogP contribution in [0.4, 0.5) is 0 Å². The lowest BCUT2D eigenvalue weighted by atomic mass is 10.0. The first-order chi connectivity index (χ1) is 10.7. The molecule has 1 aliphatic heterocycles. The summed E-state index contributed by atoms with van der Waals surface area (Å²) < 4.78 is 1.72. The summed E-state index contributed by atoms with van der Waals surface area (Å²) in [7, 11) is 0. The van der Waals surface area contributed by atoms with E-state index in [2.05, 4.69) is 10.3 Å². The van der Waals surface area contributed by atoms with Crippen LogP contribution in [0.1, 0.15) is 19.3 Å². The SMILES string of the molecule is O=C1CCC(Cn2cc(-c3ccccc3)ncc2=O)CCN1. The Hall–Kier alpha value is -2.43. The van der Waals surface area contributed by atoms with Gasteiger partial charge >= 0.3 is 0 Å². The third-order valence-corrected chi connectivity index (χ3v) is 4.05. The van der Waals surface area contributed by atoms with Crippen molar-refractivity contribution in [3.8, 4) is 11.3 Å². The van der Waals surface area contributed by atoms with Crippen LogP contribution in [0.2, 0.25) is 0 Å². The highest BCUT2D eigenvalue weighted by Gasteiger charge is 2.17. The summed E-state index contributed by atoms with van der Waals surface area (Å²) in [5.74, 6) is 0.442. The van der Waals surface area contributed by atoms with E-state index in [9.17, 15) is 9.59 Å². The first kappa shape index (κ1) is 14.5. The van der Waals surface area contributed by atoms with Gasteiger partial charge in [0.25, 0.3) is 5.56 Å². The average molecular weight is 297 g/mol. The second kappa shape index (κ2) is 6.56. The summed E-state index contributed by atoms with van der Waals surface area (Å²) in [4.78, 5) is 27.7. The lowest BCUT2D eigenvalue weighted by Gasteiger charge is -2.15. The van der Waals surface area contributed by atoms with Gasteiger partial charge in [0.15, 0.2) is 0 Å². The predicted octanol–water partition coefficient (Wildman–Crippen LogP) is 1.83. The van der Waals surface area contributed by atoms with Gasteiger partial charge in [0.1, 0.15) is 0 Å². The van der Waals surface area contributed by atoms with Crippen LogP contribution >= 0.6 is 0 Å². The van der Waals surface area contributed by atoms with Gasteiger partial charge in [0.05, 0.1) is 11.9 Å². The molecule has 1 N–H and O–H groups in total. The van der Waals surface area contributed by atoms with Crippen LogP contribution in [-0.2, 0) is 11.3 Å². The number of hydrogen-bond acceptors (Lipinski definition) is 3. The predicted molar refractivity (Wildman–Crippen MR) is 84.3 cm³/mol. The van der Waals surface area contributed by atoms with Crippen LogP contribution in [0.25, 0.3) is 11.3 Å². The zero-order valence-electron chi connectivity index (χ0n) is 12.4. The molecule has 0 spiro atoms. The van der Waals surface area contributed by atoms with Crippen molar-refractivity contribution in [2.45, 2.75) is 25.8 Å². The number of benzene rings is 1. The fraction of sp³-hybridized carbons (Fsp3) is 0.353. The number of rotatable bonds is 3. The fourth-order valence-electron chi connectivity index (χ4n) is 2.79. The number of carbonyl (C=O) groups excluding carboxylic acids is 1. The molecule has 1 aromatic heterocycles. The van der Waals surface area contributed by atoms with Crippen molar-refractivity contribution in [1.29, 1.82) is 0 Å². The number of nitrogens with one attached hydrogen (secondary N) is 1. The largest absolute Gasteiger partial charge is 0.356 e. The van der Waals surface area contributed by atoms with Crippen LogP contribution in [0.15, 0.2) is 47.5 Å². The van der Waals surface area contributed by atoms with Gasteiger partial charge in [0.2, 0.25) is 5.91 Å². The molecule has 0 radical (unpaired) electrons. The van der Waals surface area contributed by atoms with Crippen molar-refractivity contribution in [3.63, 3.8) is 0 Å². The number of aromatic nitrogens is 2. The Balaban J connectivity index is 1.81. The summed E-state index contributed by atoms with van der Waals surface area (Å²) in [6, 6.07) is 9.82. The molecular formula is C17H19N3O2. The maximum absolute atomic E-state index is 12.0. The smallest absolute Gasteiger partial charge is 0.269 e. The third-order valence-electron chi connectivity index (χ3n) is 4.05. The Bertz CT molecular complexity index is 709. The number of nitrogens with zero attached hydrogens (tertiary/aromatic N) is 2. The quantitative estimate of drug-likeness (QED) is 0.940. The van der Waals surface area contributed by atoms with E-state index in [4.69, 9.17) is 0 Å². The van der Waals surface area contributed by atoms with E-state index in [1.165, 1.54) is 6.20 Å². The van der Waals surface area contributed by atoms with Crippen LogP contribution < -0.4 is 10.9 Å². The van der Waals surface area contributed by atoms with Crippen molar-refractivity contribution in [3.05, 3.63) is 53.1 Å². The number of amides is 1. The molecule has 0 bridgehead atoms. The highest BCUT2D eigenvalue weighted by atomic mass is 16.1. The maximum Gasteiger partial charge on any atom is 0.269 e. The molecule has 1 aliphatic rings. The van der Waals surface area contributed by atoms with Gasteiger partial charge in [-0.25, -0.2) is 4.98 Å². The standard InChI is InChI=1S/C17H19N3O2/c21-16-7-6-13(8-9-18-16)11-20-12-15(19-10-17(20)22)14-4-2-1-3-5-14/h1-5,10,12-13H,6-9,11H2,(H,18,21). The van der Waals surface area contributed by atoms with E-state index >= 15 is 0 Å². The zero-order valence-corrected chi connectivity index (χ0v) is 12.4. The van der Waals surface area contributed by atoms with E-state index in [1.54, 1.807) is 4.57 Å². The first-order valence-corrected chi connectivity index (χ1v) is 7.61. The van der Waals surface area contributed by atoms with Crippen molar-refractivity contribution in [1.82, 2.24) is 14.9 Å². The molecule has 5 nitrogen and oxygen atoms in total. The van der Waals surface area contributed by atoms with Crippen LogP contribution in [0.5, 0.6) is 0 Å². The van der Waals surface area contributed by atoms with Crippen LogP contribution in [0, 0.1) is 5.92 Å². The van der Waals surface area contributed by atoms with Gasteiger partial charge in [-0.15, -0.1) is 0 Å². The minimum Gasteiger partial charge on any atom is -0.356 e. The van der Waals surface area contributed by atoms with Crippen LogP contribution in [0.3, 0.4) is 0 Å². The molecule has 1 amide bonds. The van der Waals surface area contributed by atoms with Crippen molar-refractivity contribution < 1.29 is 4.79 Å². The Morgan fingerprint density at radius 3 is 2.82 bits per heavy atom. The minimum absolute atomic E-state index is 0.0942. The normalized spacial score (nSPS) is 18.5. The Morgan fingerprint density at radius 2 is 2.00 bits per heavy atom.